The maximum atomic E-state index is 12.4. The van der Waals surface area contributed by atoms with E-state index in [4.69, 9.17) is 4.74 Å². The van der Waals surface area contributed by atoms with Crippen molar-refractivity contribution in [2.24, 2.45) is 0 Å². The van der Waals surface area contributed by atoms with Crippen LogP contribution in [-0.4, -0.2) is 35.7 Å². The Kier molecular flexibility index (Phi) is 5.62. The first-order valence-electron chi connectivity index (χ1n) is 7.80. The zero-order valence-corrected chi connectivity index (χ0v) is 13.7. The van der Waals surface area contributed by atoms with Crippen molar-refractivity contribution in [1.29, 1.82) is 0 Å². The molecule has 0 saturated carbocycles. The van der Waals surface area contributed by atoms with Gasteiger partial charge in [-0.1, -0.05) is 18.2 Å². The van der Waals surface area contributed by atoms with Crippen molar-refractivity contribution in [2.75, 3.05) is 6.61 Å². The summed E-state index contributed by atoms with van der Waals surface area (Å²) < 4.78 is 4.90. The highest BCUT2D eigenvalue weighted by atomic mass is 16.5. The summed E-state index contributed by atoms with van der Waals surface area (Å²) in [5.41, 5.74) is 1.97. The number of fused-ring (bicyclic) bond motifs is 1. The molecule has 0 fully saturated rings. The summed E-state index contributed by atoms with van der Waals surface area (Å²) in [5, 5.41) is 6.51. The molecule has 2 rings (SSSR count). The van der Waals surface area contributed by atoms with E-state index in [1.165, 1.54) is 0 Å². The monoisotopic (exact) mass is 317 g/mol. The lowest BCUT2D eigenvalue weighted by Crippen LogP contribution is -2.49. The van der Waals surface area contributed by atoms with Gasteiger partial charge in [-0.25, -0.2) is 4.79 Å². The fourth-order valence-electron chi connectivity index (χ4n) is 2.43. The SMILES string of the molecule is CCOC(=O)N[C@H](Cc1c[nH]c2ccccc12)C(=O)NC(C)C. The van der Waals surface area contributed by atoms with Crippen LogP contribution in [0.2, 0.25) is 0 Å². The van der Waals surface area contributed by atoms with Crippen molar-refractivity contribution in [3.63, 3.8) is 0 Å². The van der Waals surface area contributed by atoms with Crippen LogP contribution in [0.4, 0.5) is 4.79 Å². The number of carbonyl (C=O) groups is 2. The number of carbonyl (C=O) groups excluding carboxylic acids is 2. The van der Waals surface area contributed by atoms with Gasteiger partial charge in [-0.2, -0.15) is 0 Å². The maximum absolute atomic E-state index is 12.4. The van der Waals surface area contributed by atoms with Crippen LogP contribution in [0.25, 0.3) is 10.9 Å². The van der Waals surface area contributed by atoms with E-state index in [0.29, 0.717) is 6.42 Å². The van der Waals surface area contributed by atoms with E-state index in [1.807, 2.05) is 44.3 Å². The number of H-pyrrole nitrogens is 1. The van der Waals surface area contributed by atoms with Crippen molar-refractivity contribution < 1.29 is 14.3 Å². The van der Waals surface area contributed by atoms with Gasteiger partial charge < -0.3 is 20.4 Å². The van der Waals surface area contributed by atoms with Crippen LogP contribution in [0, 0.1) is 0 Å². The highest BCUT2D eigenvalue weighted by molar-refractivity contribution is 5.88. The van der Waals surface area contributed by atoms with E-state index >= 15 is 0 Å². The van der Waals surface area contributed by atoms with Gasteiger partial charge in [-0.15, -0.1) is 0 Å². The summed E-state index contributed by atoms with van der Waals surface area (Å²) in [6.07, 6.45) is 1.67. The van der Waals surface area contributed by atoms with Gasteiger partial charge >= 0.3 is 6.09 Å². The van der Waals surface area contributed by atoms with Crippen LogP contribution in [0.5, 0.6) is 0 Å². The van der Waals surface area contributed by atoms with Crippen molar-refractivity contribution in [1.82, 2.24) is 15.6 Å². The highest BCUT2D eigenvalue weighted by Gasteiger charge is 2.23. The van der Waals surface area contributed by atoms with E-state index in [2.05, 4.69) is 15.6 Å². The average molecular weight is 317 g/mol. The Balaban J connectivity index is 2.19. The van der Waals surface area contributed by atoms with Crippen LogP contribution < -0.4 is 10.6 Å². The van der Waals surface area contributed by atoms with Gasteiger partial charge in [0.15, 0.2) is 0 Å². The largest absolute Gasteiger partial charge is 0.450 e. The Bertz CT molecular complexity index is 679. The number of hydrogen-bond acceptors (Lipinski definition) is 3. The Morgan fingerprint density at radius 2 is 1.96 bits per heavy atom. The highest BCUT2D eigenvalue weighted by Crippen LogP contribution is 2.19. The number of alkyl carbamates (subject to hydrolysis) is 1. The third kappa shape index (κ3) is 4.48. The van der Waals surface area contributed by atoms with Crippen LogP contribution in [0.1, 0.15) is 26.3 Å². The lowest BCUT2D eigenvalue weighted by Gasteiger charge is -2.19. The minimum Gasteiger partial charge on any atom is -0.450 e. The molecule has 0 unspecified atom stereocenters. The molecule has 0 aliphatic carbocycles. The Morgan fingerprint density at radius 1 is 1.22 bits per heavy atom. The van der Waals surface area contributed by atoms with E-state index in [9.17, 15) is 9.59 Å². The van der Waals surface area contributed by atoms with Gasteiger partial charge in [0, 0.05) is 29.6 Å². The molecule has 2 amide bonds. The van der Waals surface area contributed by atoms with Crippen LogP contribution in [0.3, 0.4) is 0 Å². The molecule has 6 nitrogen and oxygen atoms in total. The van der Waals surface area contributed by atoms with Gasteiger partial charge in [0.25, 0.3) is 0 Å². The smallest absolute Gasteiger partial charge is 0.407 e. The number of aromatic amines is 1. The Hall–Kier alpha value is -2.50. The molecular formula is C17H23N3O3. The Morgan fingerprint density at radius 3 is 2.65 bits per heavy atom. The first kappa shape index (κ1) is 16.9. The number of ether oxygens (including phenoxy) is 1. The van der Waals surface area contributed by atoms with E-state index < -0.39 is 12.1 Å². The molecule has 0 radical (unpaired) electrons. The van der Waals surface area contributed by atoms with Gasteiger partial charge in [-0.3, -0.25) is 4.79 Å². The quantitative estimate of drug-likeness (QED) is 0.765. The van der Waals surface area contributed by atoms with Gasteiger partial charge in [0.05, 0.1) is 6.61 Å². The number of amides is 2. The van der Waals surface area contributed by atoms with Crippen molar-refractivity contribution in [3.05, 3.63) is 36.0 Å². The number of nitrogens with one attached hydrogen (secondary N) is 3. The fourth-order valence-corrected chi connectivity index (χ4v) is 2.43. The normalized spacial score (nSPS) is 12.2. The molecule has 124 valence electrons. The zero-order valence-electron chi connectivity index (χ0n) is 13.7. The minimum absolute atomic E-state index is 0.00281. The molecule has 1 heterocycles. The number of para-hydroxylation sites is 1. The first-order valence-corrected chi connectivity index (χ1v) is 7.80. The molecule has 0 spiro atoms. The summed E-state index contributed by atoms with van der Waals surface area (Å²) in [4.78, 5) is 27.3. The summed E-state index contributed by atoms with van der Waals surface area (Å²) in [6, 6.07) is 7.17. The topological polar surface area (TPSA) is 83.2 Å². The predicted octanol–water partition coefficient (Wildman–Crippen LogP) is 2.35. The van der Waals surface area contributed by atoms with Gasteiger partial charge in [0.2, 0.25) is 5.91 Å². The van der Waals surface area contributed by atoms with Crippen LogP contribution in [0.15, 0.2) is 30.5 Å². The second-order valence-corrected chi connectivity index (χ2v) is 5.64. The summed E-state index contributed by atoms with van der Waals surface area (Å²) in [5.74, 6) is -0.224. The molecule has 6 heteroatoms. The van der Waals surface area contributed by atoms with E-state index in [0.717, 1.165) is 16.5 Å². The molecule has 3 N–H and O–H groups in total. The average Bonchev–Trinajstić information content (AvgIpc) is 2.89. The van der Waals surface area contributed by atoms with Crippen molar-refractivity contribution in [3.8, 4) is 0 Å². The second-order valence-electron chi connectivity index (χ2n) is 5.64. The third-order valence-electron chi connectivity index (χ3n) is 3.41. The van der Waals surface area contributed by atoms with Crippen LogP contribution in [-0.2, 0) is 16.0 Å². The molecule has 1 atom stereocenters. The lowest BCUT2D eigenvalue weighted by molar-refractivity contribution is -0.123. The molecule has 0 bridgehead atoms. The molecule has 2 aromatic rings. The number of hydrogen-bond donors (Lipinski definition) is 3. The summed E-state index contributed by atoms with van der Waals surface area (Å²) in [6.45, 7) is 5.75. The number of rotatable bonds is 6. The molecule has 0 aliphatic heterocycles. The van der Waals surface area contributed by atoms with E-state index in [-0.39, 0.29) is 18.6 Å². The minimum atomic E-state index is -0.685. The van der Waals surface area contributed by atoms with E-state index in [1.54, 1.807) is 6.92 Å². The summed E-state index contributed by atoms with van der Waals surface area (Å²) >= 11 is 0. The second kappa shape index (κ2) is 7.67. The number of benzene rings is 1. The van der Waals surface area contributed by atoms with Crippen LogP contribution >= 0.6 is 0 Å². The van der Waals surface area contributed by atoms with Crippen molar-refractivity contribution >= 4 is 22.9 Å². The number of aromatic nitrogens is 1. The molecule has 1 aromatic heterocycles. The molecular weight excluding hydrogens is 294 g/mol. The molecule has 23 heavy (non-hydrogen) atoms. The Labute approximate surface area is 135 Å². The lowest BCUT2D eigenvalue weighted by atomic mass is 10.0. The van der Waals surface area contributed by atoms with Crippen molar-refractivity contribution in [2.45, 2.75) is 39.3 Å². The first-order chi connectivity index (χ1) is 11.0. The maximum Gasteiger partial charge on any atom is 0.407 e. The summed E-state index contributed by atoms with van der Waals surface area (Å²) in [7, 11) is 0. The zero-order chi connectivity index (χ0) is 16.8. The predicted molar refractivity (Wildman–Crippen MR) is 89.2 cm³/mol. The standard InChI is InChI=1S/C17H23N3O3/c1-4-23-17(22)20-15(16(21)19-11(2)3)9-12-10-18-14-8-6-5-7-13(12)14/h5-8,10-11,15,18H,4,9H2,1-3H3,(H,19,21)(H,20,22)/t15-/m1/s1. The third-order valence-corrected chi connectivity index (χ3v) is 3.41. The molecule has 1 aromatic carbocycles. The van der Waals surface area contributed by atoms with Gasteiger partial charge in [-0.05, 0) is 32.4 Å². The van der Waals surface area contributed by atoms with Gasteiger partial charge in [0.1, 0.15) is 6.04 Å². The fraction of sp³-hybridized carbons (Fsp3) is 0.412. The molecule has 0 saturated heterocycles. The molecule has 0 aliphatic rings.